The van der Waals surface area contributed by atoms with Gasteiger partial charge in [-0.3, -0.25) is 19.0 Å². The highest BCUT2D eigenvalue weighted by Gasteiger charge is 2.17. The van der Waals surface area contributed by atoms with Crippen molar-refractivity contribution in [1.82, 2.24) is 14.5 Å². The van der Waals surface area contributed by atoms with Gasteiger partial charge in [-0.25, -0.2) is 4.98 Å². The number of methoxy groups -OCH3 is 1. The van der Waals surface area contributed by atoms with Gasteiger partial charge in [-0.05, 0) is 26.0 Å². The maximum Gasteiger partial charge on any atom is 0.325 e. The van der Waals surface area contributed by atoms with Crippen LogP contribution in [0, 0.1) is 0 Å². The van der Waals surface area contributed by atoms with Crippen LogP contribution in [0.2, 0.25) is 0 Å². The second kappa shape index (κ2) is 8.66. The Hall–Kier alpha value is -2.35. The third-order valence-corrected chi connectivity index (χ3v) is 4.74. The first-order valence-electron chi connectivity index (χ1n) is 7.98. The molecule has 25 heavy (non-hydrogen) atoms. The van der Waals surface area contributed by atoms with E-state index in [0.717, 1.165) is 11.8 Å². The molecule has 0 saturated carbocycles. The molecule has 2 rings (SSSR count). The number of rotatable bonds is 7. The number of aromatic nitrogens is 2. The van der Waals surface area contributed by atoms with Crippen molar-refractivity contribution in [2.75, 3.05) is 26.0 Å². The normalized spacial score (nSPS) is 10.7. The number of esters is 1. The van der Waals surface area contributed by atoms with Crippen LogP contribution in [0.1, 0.15) is 13.8 Å². The summed E-state index contributed by atoms with van der Waals surface area (Å²) >= 11 is 1.15. The number of benzene rings is 1. The molecule has 0 bridgehead atoms. The van der Waals surface area contributed by atoms with E-state index in [1.165, 1.54) is 11.7 Å². The van der Waals surface area contributed by atoms with Crippen LogP contribution in [0.25, 0.3) is 10.9 Å². The van der Waals surface area contributed by atoms with Crippen molar-refractivity contribution in [3.63, 3.8) is 0 Å². The van der Waals surface area contributed by atoms with Gasteiger partial charge in [0, 0.05) is 13.1 Å². The van der Waals surface area contributed by atoms with Crippen LogP contribution < -0.4 is 5.56 Å². The van der Waals surface area contributed by atoms with Gasteiger partial charge in [0.25, 0.3) is 5.56 Å². The number of nitrogens with zero attached hydrogens (tertiary/aromatic N) is 3. The fourth-order valence-electron chi connectivity index (χ4n) is 2.38. The Labute approximate surface area is 150 Å². The van der Waals surface area contributed by atoms with Gasteiger partial charge in [0.2, 0.25) is 5.91 Å². The second-order valence-corrected chi connectivity index (χ2v) is 6.18. The standard InChI is InChI=1S/C17H21N3O4S/c1-4-19(5-2)14(21)11-25-17-18-13-9-7-6-8-12(13)16(23)20(17)10-15(22)24-3/h6-9H,4-5,10-11H2,1-3H3. The highest BCUT2D eigenvalue weighted by molar-refractivity contribution is 7.99. The molecule has 0 aliphatic heterocycles. The van der Waals surface area contributed by atoms with E-state index in [-0.39, 0.29) is 23.8 Å². The van der Waals surface area contributed by atoms with E-state index >= 15 is 0 Å². The Morgan fingerprint density at radius 1 is 1.24 bits per heavy atom. The van der Waals surface area contributed by atoms with Crippen molar-refractivity contribution in [2.24, 2.45) is 0 Å². The van der Waals surface area contributed by atoms with Gasteiger partial charge >= 0.3 is 5.97 Å². The molecular weight excluding hydrogens is 342 g/mol. The molecule has 1 heterocycles. The summed E-state index contributed by atoms with van der Waals surface area (Å²) in [6.45, 7) is 4.82. The number of thioether (sulfide) groups is 1. The predicted molar refractivity (Wildman–Crippen MR) is 96.7 cm³/mol. The van der Waals surface area contributed by atoms with E-state index in [1.54, 1.807) is 29.2 Å². The third-order valence-electron chi connectivity index (χ3n) is 3.78. The van der Waals surface area contributed by atoms with Crippen molar-refractivity contribution in [2.45, 2.75) is 25.5 Å². The monoisotopic (exact) mass is 363 g/mol. The van der Waals surface area contributed by atoms with Crippen molar-refractivity contribution >= 4 is 34.5 Å². The number of amides is 1. The van der Waals surface area contributed by atoms with Gasteiger partial charge in [0.1, 0.15) is 6.54 Å². The number of ether oxygens (including phenoxy) is 1. The van der Waals surface area contributed by atoms with Crippen molar-refractivity contribution in [1.29, 1.82) is 0 Å². The van der Waals surface area contributed by atoms with Crippen LogP contribution in [-0.2, 0) is 20.9 Å². The van der Waals surface area contributed by atoms with Crippen LogP contribution in [0.5, 0.6) is 0 Å². The predicted octanol–water partition coefficient (Wildman–Crippen LogP) is 1.53. The summed E-state index contributed by atoms with van der Waals surface area (Å²) in [7, 11) is 1.26. The molecule has 8 heteroatoms. The molecule has 7 nitrogen and oxygen atoms in total. The number of hydrogen-bond donors (Lipinski definition) is 0. The topological polar surface area (TPSA) is 81.5 Å². The third kappa shape index (κ3) is 4.39. The molecule has 0 spiro atoms. The Kier molecular flexibility index (Phi) is 6.58. The van der Waals surface area contributed by atoms with E-state index in [2.05, 4.69) is 9.72 Å². The zero-order valence-corrected chi connectivity index (χ0v) is 15.3. The molecule has 0 atom stereocenters. The van der Waals surface area contributed by atoms with E-state index in [4.69, 9.17) is 0 Å². The lowest BCUT2D eigenvalue weighted by Crippen LogP contribution is -2.32. The molecule has 0 fully saturated rings. The lowest BCUT2D eigenvalue weighted by atomic mass is 10.2. The van der Waals surface area contributed by atoms with E-state index in [9.17, 15) is 14.4 Å². The maximum atomic E-state index is 12.7. The minimum absolute atomic E-state index is 0.0398. The number of para-hydroxylation sites is 1. The minimum atomic E-state index is -0.545. The summed E-state index contributed by atoms with van der Waals surface area (Å²) in [6, 6.07) is 6.92. The number of carbonyl (C=O) groups is 2. The number of hydrogen-bond acceptors (Lipinski definition) is 6. The maximum absolute atomic E-state index is 12.7. The quantitative estimate of drug-likeness (QED) is 0.422. The van der Waals surface area contributed by atoms with Gasteiger partial charge in [-0.15, -0.1) is 0 Å². The second-order valence-electron chi connectivity index (χ2n) is 5.23. The summed E-state index contributed by atoms with van der Waals surface area (Å²) < 4.78 is 5.92. The van der Waals surface area contributed by atoms with E-state index in [1.807, 2.05) is 13.8 Å². The van der Waals surface area contributed by atoms with Crippen LogP contribution in [-0.4, -0.2) is 52.3 Å². The Bertz CT molecular complexity index is 830. The molecule has 1 amide bonds. The highest BCUT2D eigenvalue weighted by atomic mass is 32.2. The average molecular weight is 363 g/mol. The smallest absolute Gasteiger partial charge is 0.325 e. The first-order chi connectivity index (χ1) is 12.0. The van der Waals surface area contributed by atoms with Crippen molar-refractivity contribution in [3.05, 3.63) is 34.6 Å². The molecule has 1 aromatic heterocycles. The fourth-order valence-corrected chi connectivity index (χ4v) is 3.29. The first-order valence-corrected chi connectivity index (χ1v) is 8.97. The van der Waals surface area contributed by atoms with Crippen molar-refractivity contribution < 1.29 is 14.3 Å². The first kappa shape index (κ1) is 19.0. The molecule has 0 aliphatic carbocycles. The van der Waals surface area contributed by atoms with Gasteiger partial charge < -0.3 is 9.64 Å². The molecule has 2 aromatic rings. The summed E-state index contributed by atoms with van der Waals surface area (Å²) in [5.74, 6) is -0.439. The Morgan fingerprint density at radius 3 is 2.56 bits per heavy atom. The molecule has 0 saturated heterocycles. The minimum Gasteiger partial charge on any atom is -0.468 e. The lowest BCUT2D eigenvalue weighted by molar-refractivity contribution is -0.141. The molecule has 0 aliphatic rings. The number of fused-ring (bicyclic) bond motifs is 1. The van der Waals surface area contributed by atoms with E-state index in [0.29, 0.717) is 29.1 Å². The van der Waals surface area contributed by atoms with Gasteiger partial charge in [-0.2, -0.15) is 0 Å². The summed E-state index contributed by atoms with van der Waals surface area (Å²) in [5, 5.41) is 0.750. The van der Waals surface area contributed by atoms with Gasteiger partial charge in [0.05, 0.1) is 23.8 Å². The zero-order chi connectivity index (χ0) is 18.4. The molecule has 134 valence electrons. The molecular formula is C17H21N3O4S. The van der Waals surface area contributed by atoms with Crippen LogP contribution in [0.15, 0.2) is 34.2 Å². The summed E-state index contributed by atoms with van der Waals surface area (Å²) in [4.78, 5) is 42.7. The van der Waals surface area contributed by atoms with Crippen molar-refractivity contribution in [3.8, 4) is 0 Å². The molecule has 0 N–H and O–H groups in total. The van der Waals surface area contributed by atoms with Crippen LogP contribution >= 0.6 is 11.8 Å². The SMILES string of the molecule is CCN(CC)C(=O)CSc1nc2ccccc2c(=O)n1CC(=O)OC. The molecule has 0 unspecified atom stereocenters. The van der Waals surface area contributed by atoms with E-state index < -0.39 is 5.97 Å². The molecule has 1 aromatic carbocycles. The summed E-state index contributed by atoms with van der Waals surface area (Å²) in [6.07, 6.45) is 0. The Morgan fingerprint density at radius 2 is 1.92 bits per heavy atom. The Balaban J connectivity index is 2.39. The number of carbonyl (C=O) groups excluding carboxylic acids is 2. The van der Waals surface area contributed by atoms with Gasteiger partial charge in [-0.1, -0.05) is 23.9 Å². The average Bonchev–Trinajstić information content (AvgIpc) is 2.63. The lowest BCUT2D eigenvalue weighted by Gasteiger charge is -2.18. The van der Waals surface area contributed by atoms with Gasteiger partial charge in [0.15, 0.2) is 5.16 Å². The van der Waals surface area contributed by atoms with Crippen LogP contribution in [0.4, 0.5) is 0 Å². The van der Waals surface area contributed by atoms with Crippen LogP contribution in [0.3, 0.4) is 0 Å². The highest BCUT2D eigenvalue weighted by Crippen LogP contribution is 2.18. The fraction of sp³-hybridized carbons (Fsp3) is 0.412. The zero-order valence-electron chi connectivity index (χ0n) is 14.5. The summed E-state index contributed by atoms with van der Waals surface area (Å²) in [5.41, 5.74) is 0.209. The molecule has 0 radical (unpaired) electrons. The largest absolute Gasteiger partial charge is 0.468 e.